The summed E-state index contributed by atoms with van der Waals surface area (Å²) in [6.07, 6.45) is 1.20. The number of hydrogen-bond acceptors (Lipinski definition) is 5. The van der Waals surface area contributed by atoms with Crippen molar-refractivity contribution in [3.05, 3.63) is 22.9 Å². The van der Waals surface area contributed by atoms with Gasteiger partial charge >= 0.3 is 0 Å². The molecule has 1 aromatic heterocycles. The van der Waals surface area contributed by atoms with Crippen LogP contribution in [-0.4, -0.2) is 30.9 Å². The van der Waals surface area contributed by atoms with Crippen LogP contribution in [0.25, 0.3) is 0 Å². The Morgan fingerprint density at radius 3 is 2.47 bits per heavy atom. The lowest BCUT2D eigenvalue weighted by atomic mass is 10.1. The minimum Gasteiger partial charge on any atom is -0.367 e. The van der Waals surface area contributed by atoms with Crippen LogP contribution in [0.15, 0.2) is 6.07 Å². The van der Waals surface area contributed by atoms with E-state index in [4.69, 9.17) is 5.26 Å². The Morgan fingerprint density at radius 1 is 1.42 bits per heavy atom. The van der Waals surface area contributed by atoms with Crippen LogP contribution in [0.2, 0.25) is 0 Å². The Bertz CT molecular complexity index is 628. The van der Waals surface area contributed by atoms with Crippen LogP contribution in [0, 0.1) is 25.2 Å². The second-order valence-corrected chi connectivity index (χ2v) is 7.95. The molecular weight excluding hydrogens is 262 g/mol. The minimum atomic E-state index is -3.19. The lowest BCUT2D eigenvalue weighted by molar-refractivity contribution is 0.559. The molecule has 0 fully saturated rings. The molecule has 5 nitrogen and oxygen atoms in total. The van der Waals surface area contributed by atoms with Crippen molar-refractivity contribution in [3.63, 3.8) is 0 Å². The van der Waals surface area contributed by atoms with Crippen molar-refractivity contribution < 1.29 is 8.42 Å². The summed E-state index contributed by atoms with van der Waals surface area (Å²) in [5, 5.41) is 12.1. The van der Waals surface area contributed by atoms with E-state index in [9.17, 15) is 8.42 Å². The van der Waals surface area contributed by atoms with E-state index >= 15 is 0 Å². The molecule has 0 saturated carbocycles. The zero-order chi connectivity index (χ0) is 14.8. The molecular formula is C13H19N3O2S. The lowest BCUT2D eigenvalue weighted by Gasteiger charge is -2.23. The average molecular weight is 281 g/mol. The van der Waals surface area contributed by atoms with Crippen LogP contribution in [-0.2, 0) is 9.84 Å². The van der Waals surface area contributed by atoms with Crippen molar-refractivity contribution in [2.24, 2.45) is 0 Å². The van der Waals surface area contributed by atoms with Gasteiger partial charge in [-0.15, -0.1) is 0 Å². The summed E-state index contributed by atoms with van der Waals surface area (Å²) < 4.78 is 22.4. The Balaban J connectivity index is 3.06. The average Bonchev–Trinajstić information content (AvgIpc) is 2.24. The molecule has 104 valence electrons. The van der Waals surface area contributed by atoms with E-state index in [0.717, 1.165) is 11.3 Å². The Kier molecular flexibility index (Phi) is 4.21. The van der Waals surface area contributed by atoms with Gasteiger partial charge < -0.3 is 5.32 Å². The number of pyridine rings is 1. The molecule has 0 bridgehead atoms. The monoisotopic (exact) mass is 281 g/mol. The number of anilines is 1. The predicted molar refractivity (Wildman–Crippen MR) is 75.8 cm³/mol. The van der Waals surface area contributed by atoms with Crippen LogP contribution in [0.3, 0.4) is 0 Å². The molecule has 0 amide bonds. The number of nitrogens with one attached hydrogen (secondary N) is 1. The Labute approximate surface area is 114 Å². The fourth-order valence-corrected chi connectivity index (χ4v) is 1.87. The third-order valence-corrected chi connectivity index (χ3v) is 5.29. The molecule has 0 aliphatic heterocycles. The molecule has 0 unspecified atom stereocenters. The van der Waals surface area contributed by atoms with Crippen molar-refractivity contribution in [1.82, 2.24) is 4.98 Å². The molecule has 0 aliphatic rings. The highest BCUT2D eigenvalue weighted by Crippen LogP contribution is 2.20. The lowest BCUT2D eigenvalue weighted by Crippen LogP contribution is -2.38. The molecule has 1 aromatic rings. The molecule has 0 spiro atoms. The van der Waals surface area contributed by atoms with Gasteiger partial charge in [-0.25, -0.2) is 13.4 Å². The summed E-state index contributed by atoms with van der Waals surface area (Å²) >= 11 is 0. The Hall–Kier alpha value is -1.61. The number of aromatic nitrogens is 1. The first-order valence-corrected chi connectivity index (χ1v) is 7.79. The van der Waals surface area contributed by atoms with Crippen LogP contribution >= 0.6 is 0 Å². The standard InChI is InChI=1S/C13H19N3O2S/c1-9-6-10(2)16-12(11(9)7-14)15-8-13(3,4)19(5,17)18/h6H,8H2,1-5H3,(H,15,16). The minimum absolute atomic E-state index is 0.205. The molecule has 1 rings (SSSR count). The fraction of sp³-hybridized carbons (Fsp3) is 0.538. The first-order valence-electron chi connectivity index (χ1n) is 5.90. The summed E-state index contributed by atoms with van der Waals surface area (Å²) in [5.41, 5.74) is 2.07. The van der Waals surface area contributed by atoms with E-state index in [2.05, 4.69) is 16.4 Å². The van der Waals surface area contributed by atoms with Gasteiger partial charge in [0.25, 0.3) is 0 Å². The maximum Gasteiger partial charge on any atom is 0.154 e. The SMILES string of the molecule is Cc1cc(C)c(C#N)c(NCC(C)(C)S(C)(=O)=O)n1. The quantitative estimate of drug-likeness (QED) is 0.910. The first kappa shape index (κ1) is 15.4. The van der Waals surface area contributed by atoms with Gasteiger partial charge in [0.1, 0.15) is 11.9 Å². The maximum absolute atomic E-state index is 11.6. The van der Waals surface area contributed by atoms with Crippen LogP contribution in [0.5, 0.6) is 0 Å². The number of nitriles is 1. The zero-order valence-corrected chi connectivity index (χ0v) is 12.7. The molecule has 1 N–H and O–H groups in total. The third kappa shape index (κ3) is 3.44. The van der Waals surface area contributed by atoms with E-state index in [-0.39, 0.29) is 6.54 Å². The summed E-state index contributed by atoms with van der Waals surface area (Å²) in [6.45, 7) is 7.16. The Morgan fingerprint density at radius 2 is 2.00 bits per heavy atom. The van der Waals surface area contributed by atoms with Gasteiger partial charge in [-0.1, -0.05) is 0 Å². The van der Waals surface area contributed by atoms with Crippen LogP contribution in [0.1, 0.15) is 30.7 Å². The summed E-state index contributed by atoms with van der Waals surface area (Å²) in [6, 6.07) is 3.92. The van der Waals surface area contributed by atoms with Gasteiger partial charge in [0, 0.05) is 18.5 Å². The number of nitrogens with zero attached hydrogens (tertiary/aromatic N) is 2. The van der Waals surface area contributed by atoms with Crippen molar-refractivity contribution >= 4 is 15.7 Å². The van der Waals surface area contributed by atoms with E-state index < -0.39 is 14.6 Å². The second kappa shape index (κ2) is 5.17. The molecule has 1 heterocycles. The normalized spacial score (nSPS) is 12.0. The smallest absolute Gasteiger partial charge is 0.154 e. The summed E-state index contributed by atoms with van der Waals surface area (Å²) in [4.78, 5) is 4.26. The van der Waals surface area contributed by atoms with Gasteiger partial charge in [0.15, 0.2) is 9.84 Å². The topological polar surface area (TPSA) is 82.9 Å². The summed E-state index contributed by atoms with van der Waals surface area (Å²) in [7, 11) is -3.19. The predicted octanol–water partition coefficient (Wildman–Crippen LogP) is 1.81. The molecule has 0 aliphatic carbocycles. The second-order valence-electron chi connectivity index (χ2n) is 5.30. The largest absolute Gasteiger partial charge is 0.367 e. The number of rotatable bonds is 4. The maximum atomic E-state index is 11.6. The first-order chi connectivity index (χ1) is 8.58. The molecule has 6 heteroatoms. The van der Waals surface area contributed by atoms with Gasteiger partial charge in [-0.05, 0) is 39.3 Å². The van der Waals surface area contributed by atoms with E-state index in [1.165, 1.54) is 6.26 Å². The van der Waals surface area contributed by atoms with Crippen molar-refractivity contribution in [2.45, 2.75) is 32.4 Å². The van der Waals surface area contributed by atoms with E-state index in [1.807, 2.05) is 19.9 Å². The molecule has 0 saturated heterocycles. The van der Waals surface area contributed by atoms with Crippen LogP contribution < -0.4 is 5.32 Å². The highest BCUT2D eigenvalue weighted by molar-refractivity contribution is 7.92. The molecule has 0 atom stereocenters. The van der Waals surface area contributed by atoms with Crippen molar-refractivity contribution in [3.8, 4) is 6.07 Å². The highest BCUT2D eigenvalue weighted by Gasteiger charge is 2.30. The number of aryl methyl sites for hydroxylation is 2. The van der Waals surface area contributed by atoms with Crippen molar-refractivity contribution in [2.75, 3.05) is 18.1 Å². The van der Waals surface area contributed by atoms with Gasteiger partial charge in [-0.3, -0.25) is 0 Å². The van der Waals surface area contributed by atoms with E-state index in [0.29, 0.717) is 11.4 Å². The number of sulfone groups is 1. The number of hydrogen-bond donors (Lipinski definition) is 1. The van der Waals surface area contributed by atoms with Gasteiger partial charge in [-0.2, -0.15) is 5.26 Å². The molecule has 19 heavy (non-hydrogen) atoms. The molecule has 0 aromatic carbocycles. The summed E-state index contributed by atoms with van der Waals surface area (Å²) in [5.74, 6) is 0.441. The van der Waals surface area contributed by atoms with Crippen LogP contribution in [0.4, 0.5) is 5.82 Å². The van der Waals surface area contributed by atoms with Gasteiger partial charge in [0.05, 0.1) is 10.3 Å². The van der Waals surface area contributed by atoms with Crippen molar-refractivity contribution in [1.29, 1.82) is 5.26 Å². The third-order valence-electron chi connectivity index (χ3n) is 3.14. The zero-order valence-electron chi connectivity index (χ0n) is 11.9. The van der Waals surface area contributed by atoms with Gasteiger partial charge in [0.2, 0.25) is 0 Å². The fourth-order valence-electron chi connectivity index (χ4n) is 1.53. The highest BCUT2D eigenvalue weighted by atomic mass is 32.2. The van der Waals surface area contributed by atoms with E-state index in [1.54, 1.807) is 13.8 Å². The molecule has 0 radical (unpaired) electrons.